The predicted molar refractivity (Wildman–Crippen MR) is 95.4 cm³/mol. The fourth-order valence-corrected chi connectivity index (χ4v) is 3.12. The van der Waals surface area contributed by atoms with Crippen LogP contribution in [0.4, 0.5) is 5.69 Å². The van der Waals surface area contributed by atoms with Crippen molar-refractivity contribution in [3.63, 3.8) is 0 Å². The normalized spacial score (nSPS) is 21.2. The predicted octanol–water partition coefficient (Wildman–Crippen LogP) is 3.04. The fourth-order valence-electron chi connectivity index (χ4n) is 3.12. The van der Waals surface area contributed by atoms with Gasteiger partial charge >= 0.3 is 5.97 Å². The van der Waals surface area contributed by atoms with Gasteiger partial charge < -0.3 is 15.7 Å². The summed E-state index contributed by atoms with van der Waals surface area (Å²) in [5.74, 6) is -2.55. The van der Waals surface area contributed by atoms with Gasteiger partial charge in [0.15, 0.2) is 0 Å². The van der Waals surface area contributed by atoms with Crippen molar-refractivity contribution in [2.75, 3.05) is 5.32 Å². The number of carbonyl (C=O) groups excluding carboxylic acids is 2. The van der Waals surface area contributed by atoms with E-state index in [1.807, 2.05) is 13.8 Å². The minimum Gasteiger partial charge on any atom is -0.481 e. The molecule has 1 fully saturated rings. The van der Waals surface area contributed by atoms with Gasteiger partial charge in [-0.15, -0.1) is 0 Å². The molecule has 2 amide bonds. The molecule has 136 valence electrons. The lowest BCUT2D eigenvalue weighted by Crippen LogP contribution is -2.36. The summed E-state index contributed by atoms with van der Waals surface area (Å²) in [6, 6.07) is 6.79. The molecular weight excluding hydrogens is 320 g/mol. The maximum Gasteiger partial charge on any atom is 0.307 e. The zero-order valence-electron chi connectivity index (χ0n) is 14.7. The van der Waals surface area contributed by atoms with Gasteiger partial charge in [0.05, 0.1) is 11.8 Å². The lowest BCUT2D eigenvalue weighted by molar-refractivity contribution is -0.147. The Balaban J connectivity index is 2.07. The summed E-state index contributed by atoms with van der Waals surface area (Å²) in [4.78, 5) is 36.1. The van der Waals surface area contributed by atoms with Crippen LogP contribution in [0.1, 0.15) is 56.3 Å². The topological polar surface area (TPSA) is 95.5 Å². The van der Waals surface area contributed by atoms with E-state index in [0.29, 0.717) is 24.1 Å². The first-order valence-electron chi connectivity index (χ1n) is 8.87. The van der Waals surface area contributed by atoms with Crippen LogP contribution in [0.2, 0.25) is 0 Å². The Labute approximate surface area is 148 Å². The fraction of sp³-hybridized carbons (Fsp3) is 0.526. The molecule has 1 aromatic carbocycles. The Morgan fingerprint density at radius 2 is 1.88 bits per heavy atom. The quantitative estimate of drug-likeness (QED) is 0.738. The molecule has 3 atom stereocenters. The Kier molecular flexibility index (Phi) is 6.56. The van der Waals surface area contributed by atoms with E-state index in [1.165, 1.54) is 0 Å². The molecule has 0 saturated heterocycles. The average Bonchev–Trinajstić information content (AvgIpc) is 2.61. The van der Waals surface area contributed by atoms with Crippen LogP contribution < -0.4 is 10.6 Å². The van der Waals surface area contributed by atoms with E-state index in [4.69, 9.17) is 0 Å². The third-order valence-electron chi connectivity index (χ3n) is 4.80. The lowest BCUT2D eigenvalue weighted by atomic mass is 9.78. The number of carbonyl (C=O) groups is 3. The Hall–Kier alpha value is -2.37. The molecule has 6 nitrogen and oxygen atoms in total. The first-order chi connectivity index (χ1) is 11.9. The van der Waals surface area contributed by atoms with Crippen LogP contribution in [-0.4, -0.2) is 28.9 Å². The number of aliphatic carboxylic acids is 1. The van der Waals surface area contributed by atoms with Crippen LogP contribution in [0.5, 0.6) is 0 Å². The maximum atomic E-state index is 12.5. The van der Waals surface area contributed by atoms with Gasteiger partial charge in [-0.2, -0.15) is 0 Å². The van der Waals surface area contributed by atoms with E-state index in [-0.39, 0.29) is 17.9 Å². The molecule has 2 rings (SSSR count). The van der Waals surface area contributed by atoms with Crippen molar-refractivity contribution in [3.05, 3.63) is 29.8 Å². The zero-order chi connectivity index (χ0) is 18.4. The molecular formula is C19H26N2O4. The second-order valence-corrected chi connectivity index (χ2v) is 6.69. The average molecular weight is 346 g/mol. The number of amides is 2. The molecule has 0 bridgehead atoms. The first-order valence-corrected chi connectivity index (χ1v) is 8.87. The largest absolute Gasteiger partial charge is 0.481 e. The Morgan fingerprint density at radius 1 is 1.20 bits per heavy atom. The third kappa shape index (κ3) is 5.05. The Morgan fingerprint density at radius 3 is 2.52 bits per heavy atom. The monoisotopic (exact) mass is 346 g/mol. The third-order valence-corrected chi connectivity index (χ3v) is 4.80. The van der Waals surface area contributed by atoms with E-state index in [0.717, 1.165) is 19.3 Å². The maximum absolute atomic E-state index is 12.5. The molecule has 0 aromatic heterocycles. The molecule has 0 spiro atoms. The van der Waals surface area contributed by atoms with Crippen molar-refractivity contribution >= 4 is 23.5 Å². The highest BCUT2D eigenvalue weighted by molar-refractivity contribution is 5.98. The van der Waals surface area contributed by atoms with E-state index < -0.39 is 17.8 Å². The van der Waals surface area contributed by atoms with Crippen LogP contribution >= 0.6 is 0 Å². The SMILES string of the molecule is CC[C@@H](C)NC(=O)c1cccc(NC(=O)[C@H]2CCCC[C@@H]2C(=O)O)c1. The van der Waals surface area contributed by atoms with Gasteiger partial charge in [-0.1, -0.05) is 25.8 Å². The van der Waals surface area contributed by atoms with Crippen molar-refractivity contribution in [2.24, 2.45) is 11.8 Å². The summed E-state index contributed by atoms with van der Waals surface area (Å²) < 4.78 is 0. The van der Waals surface area contributed by atoms with E-state index in [2.05, 4.69) is 10.6 Å². The van der Waals surface area contributed by atoms with E-state index in [1.54, 1.807) is 24.3 Å². The van der Waals surface area contributed by atoms with Gasteiger partial charge in [0.25, 0.3) is 5.91 Å². The number of nitrogens with one attached hydrogen (secondary N) is 2. The Bertz CT molecular complexity index is 644. The minimum absolute atomic E-state index is 0.0734. The van der Waals surface area contributed by atoms with Crippen molar-refractivity contribution < 1.29 is 19.5 Å². The highest BCUT2D eigenvalue weighted by Gasteiger charge is 2.35. The van der Waals surface area contributed by atoms with Crippen LogP contribution in [0.3, 0.4) is 0 Å². The summed E-state index contributed by atoms with van der Waals surface area (Å²) in [5, 5.41) is 15.0. The number of carboxylic acids is 1. The van der Waals surface area contributed by atoms with Crippen LogP contribution in [-0.2, 0) is 9.59 Å². The van der Waals surface area contributed by atoms with Gasteiger partial charge in [0, 0.05) is 17.3 Å². The molecule has 1 saturated carbocycles. The highest BCUT2D eigenvalue weighted by atomic mass is 16.4. The number of carboxylic acid groups (broad SMARTS) is 1. The molecule has 1 aliphatic rings. The molecule has 25 heavy (non-hydrogen) atoms. The second-order valence-electron chi connectivity index (χ2n) is 6.69. The number of rotatable bonds is 6. The summed E-state index contributed by atoms with van der Waals surface area (Å²) >= 11 is 0. The molecule has 6 heteroatoms. The number of benzene rings is 1. The van der Waals surface area contributed by atoms with Crippen molar-refractivity contribution in [1.82, 2.24) is 5.32 Å². The van der Waals surface area contributed by atoms with Crippen molar-refractivity contribution in [2.45, 2.75) is 52.0 Å². The first kappa shape index (κ1) is 19.0. The van der Waals surface area contributed by atoms with E-state index >= 15 is 0 Å². The smallest absolute Gasteiger partial charge is 0.307 e. The molecule has 0 aliphatic heterocycles. The molecule has 3 N–H and O–H groups in total. The lowest BCUT2D eigenvalue weighted by Gasteiger charge is -2.27. The second kappa shape index (κ2) is 8.65. The number of hydrogen-bond donors (Lipinski definition) is 3. The van der Waals surface area contributed by atoms with Crippen LogP contribution in [0.15, 0.2) is 24.3 Å². The highest BCUT2D eigenvalue weighted by Crippen LogP contribution is 2.31. The summed E-state index contributed by atoms with van der Waals surface area (Å²) in [6.07, 6.45) is 3.65. The molecule has 1 aliphatic carbocycles. The van der Waals surface area contributed by atoms with Gasteiger partial charge in [-0.3, -0.25) is 14.4 Å². The zero-order valence-corrected chi connectivity index (χ0v) is 14.7. The number of anilines is 1. The van der Waals surface area contributed by atoms with Crippen LogP contribution in [0.25, 0.3) is 0 Å². The minimum atomic E-state index is -0.915. The summed E-state index contributed by atoms with van der Waals surface area (Å²) in [5.41, 5.74) is 0.980. The molecule has 0 heterocycles. The van der Waals surface area contributed by atoms with Gasteiger partial charge in [0.1, 0.15) is 0 Å². The van der Waals surface area contributed by atoms with Gasteiger partial charge in [-0.05, 0) is 44.4 Å². The van der Waals surface area contributed by atoms with Crippen molar-refractivity contribution in [3.8, 4) is 0 Å². The molecule has 0 radical (unpaired) electrons. The standard InChI is InChI=1S/C19H26N2O4/c1-3-12(2)20-17(22)13-7-6-8-14(11-13)21-18(23)15-9-4-5-10-16(15)19(24)25/h6-8,11-12,15-16H,3-5,9-10H2,1-2H3,(H,20,22)(H,21,23)(H,24,25)/t12-,15+,16+/m1/s1. The van der Waals surface area contributed by atoms with E-state index in [9.17, 15) is 19.5 Å². The summed E-state index contributed by atoms with van der Waals surface area (Å²) in [7, 11) is 0. The van der Waals surface area contributed by atoms with Gasteiger partial charge in [-0.25, -0.2) is 0 Å². The van der Waals surface area contributed by atoms with Crippen molar-refractivity contribution in [1.29, 1.82) is 0 Å². The summed E-state index contributed by atoms with van der Waals surface area (Å²) in [6.45, 7) is 3.92. The molecule has 1 aromatic rings. The van der Waals surface area contributed by atoms with Gasteiger partial charge in [0.2, 0.25) is 5.91 Å². The molecule has 0 unspecified atom stereocenters. The van der Waals surface area contributed by atoms with Crippen LogP contribution in [0, 0.1) is 11.8 Å². The number of hydrogen-bond acceptors (Lipinski definition) is 3.